The summed E-state index contributed by atoms with van der Waals surface area (Å²) in [4.78, 5) is 27.6. The van der Waals surface area contributed by atoms with E-state index in [-0.39, 0.29) is 31.1 Å². The Kier molecular flexibility index (Phi) is 8.97. The monoisotopic (exact) mass is 425 g/mol. The number of ether oxygens (including phenoxy) is 2. The topological polar surface area (TPSA) is 55.8 Å². The minimum atomic E-state index is -0.599. The van der Waals surface area contributed by atoms with E-state index in [4.69, 9.17) is 9.47 Å². The third-order valence-electron chi connectivity index (χ3n) is 6.47. The van der Waals surface area contributed by atoms with Gasteiger partial charge in [0, 0.05) is 24.9 Å². The predicted molar refractivity (Wildman–Crippen MR) is 120 cm³/mol. The molecule has 2 saturated heterocycles. The first kappa shape index (κ1) is 23.3. The highest BCUT2D eigenvalue weighted by molar-refractivity contribution is 5.79. The van der Waals surface area contributed by atoms with Crippen molar-refractivity contribution in [2.45, 2.75) is 88.8 Å². The quantitative estimate of drug-likeness (QED) is 0.332. The van der Waals surface area contributed by atoms with E-state index in [2.05, 4.69) is 30.7 Å². The van der Waals surface area contributed by atoms with Gasteiger partial charge in [-0.1, -0.05) is 43.7 Å². The number of carbonyl (C=O) groups is 2. The van der Waals surface area contributed by atoms with Crippen LogP contribution in [0.3, 0.4) is 0 Å². The number of hydrogen-bond acceptors (Lipinski definition) is 5. The summed E-state index contributed by atoms with van der Waals surface area (Å²) < 4.78 is 11.4. The molecule has 2 bridgehead atoms. The van der Waals surface area contributed by atoms with Gasteiger partial charge in [-0.05, 0) is 44.7 Å². The first-order chi connectivity index (χ1) is 15.1. The van der Waals surface area contributed by atoms with Crippen molar-refractivity contribution in [1.29, 1.82) is 0 Å². The predicted octanol–water partition coefficient (Wildman–Crippen LogP) is 4.46. The van der Waals surface area contributed by atoms with Crippen LogP contribution in [0.1, 0.15) is 76.2 Å². The molecule has 2 fully saturated rings. The Morgan fingerprint density at radius 1 is 1.10 bits per heavy atom. The fraction of sp³-hybridized carbons (Fsp3) is 0.615. The van der Waals surface area contributed by atoms with Gasteiger partial charge in [0.05, 0.1) is 6.42 Å². The Bertz CT molecular complexity index is 768. The van der Waals surface area contributed by atoms with E-state index < -0.39 is 5.92 Å². The minimum absolute atomic E-state index is 0.00439. The Morgan fingerprint density at radius 3 is 2.45 bits per heavy atom. The molecular weight excluding hydrogens is 390 g/mol. The first-order valence-electron chi connectivity index (χ1n) is 11.7. The fourth-order valence-corrected chi connectivity index (χ4v) is 4.54. The molecule has 0 saturated carbocycles. The molecule has 1 aromatic carbocycles. The maximum atomic E-state index is 13.1. The van der Waals surface area contributed by atoms with Gasteiger partial charge >= 0.3 is 11.9 Å². The van der Waals surface area contributed by atoms with Gasteiger partial charge in [0.15, 0.2) is 0 Å². The van der Waals surface area contributed by atoms with Crippen molar-refractivity contribution >= 4 is 11.9 Å². The van der Waals surface area contributed by atoms with Crippen LogP contribution in [0, 0.1) is 11.8 Å². The number of hydrogen-bond donors (Lipinski definition) is 0. The molecule has 0 spiro atoms. The summed E-state index contributed by atoms with van der Waals surface area (Å²) in [5.74, 6) is 4.87. The van der Waals surface area contributed by atoms with E-state index in [0.29, 0.717) is 18.5 Å². The van der Waals surface area contributed by atoms with Gasteiger partial charge in [-0.15, -0.1) is 11.8 Å². The van der Waals surface area contributed by atoms with E-state index in [9.17, 15) is 9.59 Å². The zero-order valence-electron chi connectivity index (χ0n) is 18.8. The van der Waals surface area contributed by atoms with Crippen LogP contribution in [0.25, 0.3) is 0 Å². The second-order valence-electron chi connectivity index (χ2n) is 8.68. The molecule has 3 rings (SSSR count). The lowest BCUT2D eigenvalue weighted by molar-refractivity contribution is -0.157. The summed E-state index contributed by atoms with van der Waals surface area (Å²) in [6.07, 6.45) is 7.87. The number of fused-ring (bicyclic) bond motifs is 2. The summed E-state index contributed by atoms with van der Waals surface area (Å²) in [6, 6.07) is 10.5. The Hall–Kier alpha value is -2.32. The van der Waals surface area contributed by atoms with Crippen molar-refractivity contribution < 1.29 is 19.1 Å². The molecule has 1 aromatic rings. The molecule has 5 nitrogen and oxygen atoms in total. The molecule has 168 valence electrons. The van der Waals surface area contributed by atoms with Crippen molar-refractivity contribution in [1.82, 2.24) is 4.90 Å². The molecule has 2 unspecified atom stereocenters. The zero-order valence-corrected chi connectivity index (χ0v) is 18.8. The summed E-state index contributed by atoms with van der Waals surface area (Å²) >= 11 is 0. The third-order valence-corrected chi connectivity index (χ3v) is 6.47. The molecule has 4 atom stereocenters. The molecule has 31 heavy (non-hydrogen) atoms. The van der Waals surface area contributed by atoms with Gasteiger partial charge in [-0.2, -0.15) is 0 Å². The van der Waals surface area contributed by atoms with Crippen LogP contribution in [-0.4, -0.2) is 48.7 Å². The normalized spacial score (nSPS) is 23.5. The Labute approximate surface area is 186 Å². The molecule has 0 amide bonds. The van der Waals surface area contributed by atoms with Crippen molar-refractivity contribution in [2.24, 2.45) is 0 Å². The van der Waals surface area contributed by atoms with Crippen LogP contribution in [-0.2, 0) is 19.1 Å². The maximum Gasteiger partial charge on any atom is 0.317 e. The molecule has 0 radical (unpaired) electrons. The van der Waals surface area contributed by atoms with Crippen LogP contribution in [0.2, 0.25) is 0 Å². The van der Waals surface area contributed by atoms with E-state index in [1.54, 1.807) is 0 Å². The van der Waals surface area contributed by atoms with Gasteiger partial charge in [0.1, 0.15) is 18.6 Å². The van der Waals surface area contributed by atoms with Crippen molar-refractivity contribution in [3.8, 4) is 11.8 Å². The van der Waals surface area contributed by atoms with Crippen LogP contribution in [0.5, 0.6) is 0 Å². The number of piperidine rings is 1. The molecular formula is C26H35NO4. The number of rotatable bonds is 9. The second kappa shape index (κ2) is 11.9. The number of esters is 2. The van der Waals surface area contributed by atoms with Crippen LogP contribution in [0.15, 0.2) is 30.3 Å². The number of nitrogens with zero attached hydrogens (tertiary/aromatic N) is 1. The van der Waals surface area contributed by atoms with Gasteiger partial charge in [-0.3, -0.25) is 9.59 Å². The van der Waals surface area contributed by atoms with Crippen molar-refractivity contribution in [2.75, 3.05) is 13.7 Å². The van der Waals surface area contributed by atoms with Gasteiger partial charge in [0.25, 0.3) is 0 Å². The summed E-state index contributed by atoms with van der Waals surface area (Å²) in [5.41, 5.74) is 0.815. The zero-order chi connectivity index (χ0) is 22.1. The van der Waals surface area contributed by atoms with Gasteiger partial charge in [0.2, 0.25) is 0 Å². The number of benzene rings is 1. The highest BCUT2D eigenvalue weighted by Crippen LogP contribution is 2.36. The van der Waals surface area contributed by atoms with E-state index in [0.717, 1.165) is 37.7 Å². The molecule has 0 aliphatic carbocycles. The van der Waals surface area contributed by atoms with Gasteiger partial charge < -0.3 is 14.4 Å². The fourth-order valence-electron chi connectivity index (χ4n) is 4.54. The summed E-state index contributed by atoms with van der Waals surface area (Å²) in [6.45, 7) is 2.13. The van der Waals surface area contributed by atoms with E-state index >= 15 is 0 Å². The highest BCUT2D eigenvalue weighted by atomic mass is 16.6. The lowest BCUT2D eigenvalue weighted by Crippen LogP contribution is -2.44. The Balaban J connectivity index is 1.53. The van der Waals surface area contributed by atoms with Crippen molar-refractivity contribution in [3.63, 3.8) is 0 Å². The largest absolute Gasteiger partial charge is 0.464 e. The van der Waals surface area contributed by atoms with Crippen LogP contribution < -0.4 is 0 Å². The maximum absolute atomic E-state index is 13.1. The standard InChI is InChI=1S/C26H35NO4/c1-3-4-5-6-7-11-14-25(28)30-19-24(20-12-9-8-10-13-20)26(29)31-23-17-21-15-16-22(18-23)27(21)2/h8-10,12-13,21-24H,3-5,11,14-19H2,1-2H3/t21-,22+,23?,24?. The molecule has 0 N–H and O–H groups in total. The lowest BCUT2D eigenvalue weighted by Gasteiger charge is -2.36. The molecule has 5 heteroatoms. The third kappa shape index (κ3) is 6.83. The van der Waals surface area contributed by atoms with Crippen LogP contribution in [0.4, 0.5) is 0 Å². The summed E-state index contributed by atoms with van der Waals surface area (Å²) in [5, 5.41) is 0. The minimum Gasteiger partial charge on any atom is -0.464 e. The molecule has 2 aliphatic rings. The number of unbranched alkanes of at least 4 members (excludes halogenated alkanes) is 2. The smallest absolute Gasteiger partial charge is 0.317 e. The van der Waals surface area contributed by atoms with E-state index in [1.807, 2.05) is 30.3 Å². The van der Waals surface area contributed by atoms with Crippen LogP contribution >= 0.6 is 0 Å². The highest BCUT2D eigenvalue weighted by Gasteiger charge is 2.40. The molecule has 0 aromatic heterocycles. The molecule has 2 aliphatic heterocycles. The summed E-state index contributed by atoms with van der Waals surface area (Å²) in [7, 11) is 2.17. The molecule has 2 heterocycles. The average Bonchev–Trinajstić information content (AvgIpc) is 2.97. The van der Waals surface area contributed by atoms with E-state index in [1.165, 1.54) is 12.8 Å². The number of carbonyl (C=O) groups excluding carboxylic acids is 2. The first-order valence-corrected chi connectivity index (χ1v) is 11.7. The average molecular weight is 426 g/mol. The second-order valence-corrected chi connectivity index (χ2v) is 8.68. The van der Waals surface area contributed by atoms with Crippen molar-refractivity contribution in [3.05, 3.63) is 35.9 Å². The lowest BCUT2D eigenvalue weighted by atomic mass is 9.98. The Morgan fingerprint density at radius 2 is 1.77 bits per heavy atom. The van der Waals surface area contributed by atoms with Gasteiger partial charge in [-0.25, -0.2) is 0 Å². The SMILES string of the molecule is CCCCC#CCCC(=O)OCC(C(=O)OC1C[C@H]2CC[C@@H](C1)N2C)c1ccccc1.